The molecule has 0 fully saturated rings. The third-order valence-corrected chi connectivity index (χ3v) is 2.11. The van der Waals surface area contributed by atoms with Gasteiger partial charge in [0.25, 0.3) is 0 Å². The zero-order valence-electron chi connectivity index (χ0n) is 9.05. The first-order valence-electron chi connectivity index (χ1n) is 5.28. The summed E-state index contributed by atoms with van der Waals surface area (Å²) in [4.78, 5) is 0. The SMILES string of the molecule is CCCNCC(C)NCc1ccoc1. The minimum absolute atomic E-state index is 0.497. The first-order valence-corrected chi connectivity index (χ1v) is 5.28. The van der Waals surface area contributed by atoms with Gasteiger partial charge in [-0.15, -0.1) is 0 Å². The lowest BCUT2D eigenvalue weighted by atomic mass is 10.3. The minimum atomic E-state index is 0.497. The van der Waals surface area contributed by atoms with Crippen LogP contribution >= 0.6 is 0 Å². The number of rotatable bonds is 7. The highest BCUT2D eigenvalue weighted by molar-refractivity contribution is 5.04. The molecule has 0 amide bonds. The van der Waals surface area contributed by atoms with Crippen molar-refractivity contribution in [2.75, 3.05) is 13.1 Å². The summed E-state index contributed by atoms with van der Waals surface area (Å²) in [6.45, 7) is 7.36. The summed E-state index contributed by atoms with van der Waals surface area (Å²) in [6, 6.07) is 2.48. The molecule has 1 aromatic rings. The summed E-state index contributed by atoms with van der Waals surface area (Å²) in [5.74, 6) is 0. The molecule has 1 aromatic heterocycles. The van der Waals surface area contributed by atoms with Gasteiger partial charge < -0.3 is 15.1 Å². The molecule has 0 aliphatic rings. The second kappa shape index (κ2) is 6.62. The molecule has 3 nitrogen and oxygen atoms in total. The van der Waals surface area contributed by atoms with E-state index < -0.39 is 0 Å². The zero-order valence-corrected chi connectivity index (χ0v) is 9.05. The van der Waals surface area contributed by atoms with E-state index in [0.29, 0.717) is 6.04 Å². The van der Waals surface area contributed by atoms with Gasteiger partial charge in [-0.25, -0.2) is 0 Å². The van der Waals surface area contributed by atoms with E-state index >= 15 is 0 Å². The highest BCUT2D eigenvalue weighted by atomic mass is 16.3. The van der Waals surface area contributed by atoms with Crippen LogP contribution in [0.15, 0.2) is 23.0 Å². The van der Waals surface area contributed by atoms with Gasteiger partial charge in [-0.2, -0.15) is 0 Å². The predicted molar refractivity (Wildman–Crippen MR) is 58.2 cm³/mol. The number of nitrogens with one attached hydrogen (secondary N) is 2. The first-order chi connectivity index (χ1) is 6.83. The van der Waals surface area contributed by atoms with Gasteiger partial charge in [0.15, 0.2) is 0 Å². The lowest BCUT2D eigenvalue weighted by Crippen LogP contribution is -2.36. The predicted octanol–water partition coefficient (Wildman–Crippen LogP) is 1.76. The number of hydrogen-bond donors (Lipinski definition) is 2. The topological polar surface area (TPSA) is 37.2 Å². The van der Waals surface area contributed by atoms with Crippen LogP contribution in [0.1, 0.15) is 25.8 Å². The molecular weight excluding hydrogens is 176 g/mol. The van der Waals surface area contributed by atoms with Crippen LogP contribution in [-0.4, -0.2) is 19.1 Å². The Bertz CT molecular complexity index is 221. The number of furan rings is 1. The van der Waals surface area contributed by atoms with Crippen LogP contribution in [0.25, 0.3) is 0 Å². The highest BCUT2D eigenvalue weighted by Gasteiger charge is 2.00. The standard InChI is InChI=1S/C11H20N2O/c1-3-5-12-7-10(2)13-8-11-4-6-14-9-11/h4,6,9-10,12-13H,3,5,7-8H2,1-2H3. The summed E-state index contributed by atoms with van der Waals surface area (Å²) in [6.07, 6.45) is 4.67. The highest BCUT2D eigenvalue weighted by Crippen LogP contribution is 1.98. The average Bonchev–Trinajstić information content (AvgIpc) is 2.68. The summed E-state index contributed by atoms with van der Waals surface area (Å²) in [5, 5.41) is 6.80. The Labute approximate surface area is 85.9 Å². The van der Waals surface area contributed by atoms with Crippen LogP contribution in [0, 0.1) is 0 Å². The van der Waals surface area contributed by atoms with Crippen molar-refractivity contribution in [2.45, 2.75) is 32.9 Å². The van der Waals surface area contributed by atoms with Gasteiger partial charge in [-0.05, 0) is 26.0 Å². The van der Waals surface area contributed by atoms with Gasteiger partial charge in [0, 0.05) is 24.7 Å². The van der Waals surface area contributed by atoms with Crippen molar-refractivity contribution < 1.29 is 4.42 Å². The number of hydrogen-bond acceptors (Lipinski definition) is 3. The Kier molecular flexibility index (Phi) is 5.33. The zero-order chi connectivity index (χ0) is 10.2. The van der Waals surface area contributed by atoms with Gasteiger partial charge in [0.2, 0.25) is 0 Å². The van der Waals surface area contributed by atoms with Gasteiger partial charge in [0.1, 0.15) is 0 Å². The van der Waals surface area contributed by atoms with Gasteiger partial charge in [-0.3, -0.25) is 0 Å². The Balaban J connectivity index is 2.06. The molecular formula is C11H20N2O. The fourth-order valence-electron chi connectivity index (χ4n) is 1.25. The van der Waals surface area contributed by atoms with E-state index in [4.69, 9.17) is 4.42 Å². The van der Waals surface area contributed by atoms with Crippen molar-refractivity contribution in [3.05, 3.63) is 24.2 Å². The lowest BCUT2D eigenvalue weighted by molar-refractivity contribution is 0.497. The van der Waals surface area contributed by atoms with E-state index in [2.05, 4.69) is 24.5 Å². The second-order valence-corrected chi connectivity index (χ2v) is 3.62. The van der Waals surface area contributed by atoms with Crippen LogP contribution in [0.2, 0.25) is 0 Å². The van der Waals surface area contributed by atoms with Crippen LogP contribution in [0.5, 0.6) is 0 Å². The van der Waals surface area contributed by atoms with E-state index in [0.717, 1.165) is 19.6 Å². The van der Waals surface area contributed by atoms with Crippen molar-refractivity contribution in [3.63, 3.8) is 0 Å². The summed E-state index contributed by atoms with van der Waals surface area (Å²) in [7, 11) is 0. The maximum Gasteiger partial charge on any atom is 0.0947 e. The van der Waals surface area contributed by atoms with E-state index in [1.54, 1.807) is 12.5 Å². The molecule has 14 heavy (non-hydrogen) atoms. The normalized spacial score (nSPS) is 13.0. The molecule has 1 rings (SSSR count). The molecule has 0 radical (unpaired) electrons. The largest absolute Gasteiger partial charge is 0.472 e. The van der Waals surface area contributed by atoms with E-state index in [9.17, 15) is 0 Å². The molecule has 0 spiro atoms. The molecule has 1 atom stereocenters. The molecule has 0 saturated heterocycles. The third-order valence-electron chi connectivity index (χ3n) is 2.11. The summed E-state index contributed by atoms with van der Waals surface area (Å²) >= 11 is 0. The molecule has 3 heteroatoms. The lowest BCUT2D eigenvalue weighted by Gasteiger charge is -2.13. The average molecular weight is 196 g/mol. The first kappa shape index (κ1) is 11.3. The van der Waals surface area contributed by atoms with E-state index in [-0.39, 0.29) is 0 Å². The Hall–Kier alpha value is -0.800. The van der Waals surface area contributed by atoms with E-state index in [1.165, 1.54) is 12.0 Å². The maximum absolute atomic E-state index is 4.99. The van der Waals surface area contributed by atoms with Crippen LogP contribution < -0.4 is 10.6 Å². The van der Waals surface area contributed by atoms with Crippen molar-refractivity contribution in [1.29, 1.82) is 0 Å². The Morgan fingerprint density at radius 3 is 3.00 bits per heavy atom. The van der Waals surface area contributed by atoms with Gasteiger partial charge in [0.05, 0.1) is 12.5 Å². The van der Waals surface area contributed by atoms with Gasteiger partial charge in [-0.1, -0.05) is 6.92 Å². The quantitative estimate of drug-likeness (QED) is 0.652. The second-order valence-electron chi connectivity index (χ2n) is 3.62. The smallest absolute Gasteiger partial charge is 0.0947 e. The fourth-order valence-corrected chi connectivity index (χ4v) is 1.25. The third kappa shape index (κ3) is 4.44. The monoisotopic (exact) mass is 196 g/mol. The summed E-state index contributed by atoms with van der Waals surface area (Å²) < 4.78 is 4.99. The maximum atomic E-state index is 4.99. The van der Waals surface area contributed by atoms with Crippen molar-refractivity contribution in [3.8, 4) is 0 Å². The fraction of sp³-hybridized carbons (Fsp3) is 0.636. The van der Waals surface area contributed by atoms with Crippen LogP contribution in [0.4, 0.5) is 0 Å². The molecule has 0 saturated carbocycles. The molecule has 0 bridgehead atoms. The molecule has 80 valence electrons. The molecule has 1 heterocycles. The summed E-state index contributed by atoms with van der Waals surface area (Å²) in [5.41, 5.74) is 1.20. The van der Waals surface area contributed by atoms with Crippen molar-refractivity contribution >= 4 is 0 Å². The van der Waals surface area contributed by atoms with Crippen molar-refractivity contribution in [2.24, 2.45) is 0 Å². The van der Waals surface area contributed by atoms with Crippen LogP contribution in [0.3, 0.4) is 0 Å². The molecule has 0 aliphatic carbocycles. The van der Waals surface area contributed by atoms with Crippen molar-refractivity contribution in [1.82, 2.24) is 10.6 Å². The Morgan fingerprint density at radius 1 is 1.50 bits per heavy atom. The Morgan fingerprint density at radius 2 is 2.36 bits per heavy atom. The molecule has 1 unspecified atom stereocenters. The molecule has 0 aliphatic heterocycles. The minimum Gasteiger partial charge on any atom is -0.472 e. The van der Waals surface area contributed by atoms with Gasteiger partial charge >= 0.3 is 0 Å². The van der Waals surface area contributed by atoms with Crippen LogP contribution in [-0.2, 0) is 6.54 Å². The molecule has 2 N–H and O–H groups in total. The molecule has 0 aromatic carbocycles. The van der Waals surface area contributed by atoms with E-state index in [1.807, 2.05) is 6.07 Å².